The minimum absolute atomic E-state index is 0.0514. The summed E-state index contributed by atoms with van der Waals surface area (Å²) < 4.78 is 0. The summed E-state index contributed by atoms with van der Waals surface area (Å²) in [6.45, 7) is 3.83. The number of carbonyl (C=O) groups excluding carboxylic acids is 1. The van der Waals surface area contributed by atoms with Gasteiger partial charge in [-0.05, 0) is 25.5 Å². The third-order valence-corrected chi connectivity index (χ3v) is 3.66. The highest BCUT2D eigenvalue weighted by atomic mass is 16.6. The van der Waals surface area contributed by atoms with Crippen LogP contribution in [0.25, 0.3) is 0 Å². The lowest BCUT2D eigenvalue weighted by atomic mass is 9.96. The molecule has 1 fully saturated rings. The maximum atomic E-state index is 12.2. The molecule has 0 spiro atoms. The summed E-state index contributed by atoms with van der Waals surface area (Å²) in [5.41, 5.74) is -0.174. The van der Waals surface area contributed by atoms with Crippen LogP contribution < -0.4 is 0 Å². The number of benzene rings is 1. The fraction of sp³-hybridized carbons (Fsp3) is 0.462. The first-order valence-corrected chi connectivity index (χ1v) is 6.18. The molecule has 3 unspecified atom stereocenters. The number of nitro groups is 1. The van der Waals surface area contributed by atoms with Crippen LogP contribution >= 0.6 is 0 Å². The lowest BCUT2D eigenvalue weighted by Crippen LogP contribution is -2.17. The molecule has 1 aromatic carbocycles. The van der Waals surface area contributed by atoms with Crippen molar-refractivity contribution in [2.24, 2.45) is 0 Å². The largest absolute Gasteiger partial charge is 0.313 e. The molecule has 1 saturated heterocycles. The molecule has 1 heterocycles. The van der Waals surface area contributed by atoms with Gasteiger partial charge in [0.1, 0.15) is 6.04 Å². The summed E-state index contributed by atoms with van der Waals surface area (Å²) in [7, 11) is 0. The molecule has 0 radical (unpaired) electrons. The Hall–Kier alpha value is -1.79. The van der Waals surface area contributed by atoms with Crippen molar-refractivity contribution < 1.29 is 14.9 Å². The third kappa shape index (κ3) is 2.24. The number of Topliss-reactive ketones (excluding diaryl/α,β-unsaturated/α-hetero) is 1. The Morgan fingerprint density at radius 2 is 2.05 bits per heavy atom. The van der Waals surface area contributed by atoms with E-state index in [1.807, 2.05) is 13.8 Å². The Morgan fingerprint density at radius 1 is 1.47 bits per heavy atom. The van der Waals surface area contributed by atoms with Gasteiger partial charge in [0, 0.05) is 17.7 Å². The summed E-state index contributed by atoms with van der Waals surface area (Å²) in [5, 5.41) is 21.4. The van der Waals surface area contributed by atoms with E-state index in [9.17, 15) is 20.1 Å². The van der Waals surface area contributed by atoms with Crippen LogP contribution in [0.2, 0.25) is 0 Å². The van der Waals surface area contributed by atoms with Gasteiger partial charge >= 0.3 is 0 Å². The lowest BCUT2D eigenvalue weighted by molar-refractivity contribution is -0.384. The number of rotatable bonds is 5. The van der Waals surface area contributed by atoms with Crippen molar-refractivity contribution in [1.29, 1.82) is 0 Å². The second kappa shape index (κ2) is 4.71. The van der Waals surface area contributed by atoms with Gasteiger partial charge in [0.15, 0.2) is 5.78 Å². The van der Waals surface area contributed by atoms with E-state index in [1.54, 1.807) is 0 Å². The van der Waals surface area contributed by atoms with Crippen LogP contribution in [-0.2, 0) is 0 Å². The number of non-ortho nitro benzene ring substituents is 1. The quantitative estimate of drug-likeness (QED) is 0.382. The van der Waals surface area contributed by atoms with E-state index in [0.29, 0.717) is 5.56 Å². The SMILES string of the molecule is CCCC1(C)C(C(=O)c2ccc([N+](=O)[O-])cc2)N1O. The monoisotopic (exact) mass is 264 g/mol. The first kappa shape index (κ1) is 13.6. The Bertz CT molecular complexity index is 514. The average molecular weight is 264 g/mol. The van der Waals surface area contributed by atoms with Crippen LogP contribution in [-0.4, -0.2) is 32.6 Å². The van der Waals surface area contributed by atoms with Crippen LogP contribution in [0.15, 0.2) is 24.3 Å². The molecule has 2 rings (SSSR count). The van der Waals surface area contributed by atoms with Crippen molar-refractivity contribution in [1.82, 2.24) is 5.06 Å². The van der Waals surface area contributed by atoms with Gasteiger partial charge in [0.25, 0.3) is 5.69 Å². The van der Waals surface area contributed by atoms with Gasteiger partial charge in [0.05, 0.1) is 10.5 Å². The predicted molar refractivity (Wildman–Crippen MR) is 68.2 cm³/mol. The van der Waals surface area contributed by atoms with Gasteiger partial charge in [-0.15, -0.1) is 0 Å². The standard InChI is InChI=1S/C13H16N2O4/c1-3-8-13(2)12(14(13)17)11(16)9-4-6-10(7-5-9)15(18)19/h4-7,12,17H,3,8H2,1-2H3. The first-order valence-electron chi connectivity index (χ1n) is 6.18. The second-order valence-electron chi connectivity index (χ2n) is 5.02. The van der Waals surface area contributed by atoms with Crippen molar-refractivity contribution in [3.05, 3.63) is 39.9 Å². The lowest BCUT2D eigenvalue weighted by Gasteiger charge is -2.05. The molecular formula is C13H16N2O4. The molecule has 0 amide bonds. The fourth-order valence-corrected chi connectivity index (χ4v) is 2.47. The summed E-state index contributed by atoms with van der Waals surface area (Å²) in [5.74, 6) is -0.201. The predicted octanol–water partition coefficient (Wildman–Crippen LogP) is 2.41. The molecular weight excluding hydrogens is 248 g/mol. The number of hydroxylamine groups is 2. The summed E-state index contributed by atoms with van der Waals surface area (Å²) >= 11 is 0. The summed E-state index contributed by atoms with van der Waals surface area (Å²) in [4.78, 5) is 22.2. The van der Waals surface area contributed by atoms with Gasteiger partial charge in [-0.1, -0.05) is 13.3 Å². The highest BCUT2D eigenvalue weighted by Gasteiger charge is 2.62. The zero-order chi connectivity index (χ0) is 14.2. The second-order valence-corrected chi connectivity index (χ2v) is 5.02. The molecule has 0 aromatic heterocycles. The zero-order valence-corrected chi connectivity index (χ0v) is 10.9. The fourth-order valence-electron chi connectivity index (χ4n) is 2.47. The number of hydrogen-bond donors (Lipinski definition) is 1. The minimum atomic E-state index is -0.547. The Labute approximate surface area is 110 Å². The van der Waals surface area contributed by atoms with Gasteiger partial charge in [-0.3, -0.25) is 14.9 Å². The number of nitrogens with zero attached hydrogens (tertiary/aromatic N) is 2. The molecule has 1 aliphatic rings. The van der Waals surface area contributed by atoms with Gasteiger partial charge in [-0.2, -0.15) is 5.06 Å². The average Bonchev–Trinajstić information content (AvgIpc) is 2.91. The zero-order valence-electron chi connectivity index (χ0n) is 10.9. The maximum Gasteiger partial charge on any atom is 0.269 e. The van der Waals surface area contributed by atoms with E-state index in [0.717, 1.165) is 17.9 Å². The molecule has 19 heavy (non-hydrogen) atoms. The van der Waals surface area contributed by atoms with Gasteiger partial charge < -0.3 is 5.21 Å². The van der Waals surface area contributed by atoms with Crippen molar-refractivity contribution in [3.63, 3.8) is 0 Å². The number of carbonyl (C=O) groups is 1. The molecule has 0 aliphatic carbocycles. The van der Waals surface area contributed by atoms with Crippen LogP contribution in [0.1, 0.15) is 37.0 Å². The van der Waals surface area contributed by atoms with Crippen molar-refractivity contribution in [3.8, 4) is 0 Å². The first-order chi connectivity index (χ1) is 8.91. The molecule has 102 valence electrons. The Balaban J connectivity index is 2.15. The highest BCUT2D eigenvalue weighted by Crippen LogP contribution is 2.44. The Morgan fingerprint density at radius 3 is 2.53 bits per heavy atom. The smallest absolute Gasteiger partial charge is 0.269 e. The Kier molecular flexibility index (Phi) is 3.38. The van der Waals surface area contributed by atoms with Crippen molar-refractivity contribution in [2.45, 2.75) is 38.3 Å². The number of ketones is 1. The molecule has 0 saturated carbocycles. The number of nitro benzene ring substituents is 1. The molecule has 0 bridgehead atoms. The van der Waals surface area contributed by atoms with E-state index >= 15 is 0 Å². The van der Waals surface area contributed by atoms with E-state index in [4.69, 9.17) is 0 Å². The minimum Gasteiger partial charge on any atom is -0.313 e. The van der Waals surface area contributed by atoms with E-state index in [2.05, 4.69) is 0 Å². The van der Waals surface area contributed by atoms with Crippen LogP contribution in [0.5, 0.6) is 0 Å². The van der Waals surface area contributed by atoms with Crippen molar-refractivity contribution >= 4 is 11.5 Å². The third-order valence-electron chi connectivity index (χ3n) is 3.66. The maximum absolute atomic E-state index is 12.2. The normalized spacial score (nSPS) is 29.0. The summed E-state index contributed by atoms with van der Waals surface area (Å²) in [6.07, 6.45) is 1.60. The van der Waals surface area contributed by atoms with Crippen LogP contribution in [0.3, 0.4) is 0 Å². The molecule has 6 heteroatoms. The summed E-state index contributed by atoms with van der Waals surface area (Å²) in [6, 6.07) is 4.91. The van der Waals surface area contributed by atoms with Crippen molar-refractivity contribution in [2.75, 3.05) is 0 Å². The molecule has 1 N–H and O–H groups in total. The number of hydrogen-bond acceptors (Lipinski definition) is 5. The highest BCUT2D eigenvalue weighted by molar-refractivity contribution is 6.03. The van der Waals surface area contributed by atoms with Gasteiger partial charge in [0.2, 0.25) is 0 Å². The molecule has 1 aromatic rings. The van der Waals surface area contributed by atoms with Crippen LogP contribution in [0, 0.1) is 10.1 Å². The van der Waals surface area contributed by atoms with E-state index in [1.165, 1.54) is 24.3 Å². The van der Waals surface area contributed by atoms with E-state index in [-0.39, 0.29) is 11.5 Å². The topological polar surface area (TPSA) is 83.4 Å². The molecule has 1 aliphatic heterocycles. The van der Waals surface area contributed by atoms with E-state index < -0.39 is 16.5 Å². The van der Waals surface area contributed by atoms with Crippen LogP contribution in [0.4, 0.5) is 5.69 Å². The molecule has 3 atom stereocenters. The van der Waals surface area contributed by atoms with Gasteiger partial charge in [-0.25, -0.2) is 0 Å². The molecule has 6 nitrogen and oxygen atoms in total.